The molecule has 6 heteroatoms. The van der Waals surface area contributed by atoms with Crippen LogP contribution < -0.4 is 10.6 Å². The number of amides is 2. The van der Waals surface area contributed by atoms with Gasteiger partial charge in [-0.15, -0.1) is 0 Å². The topological polar surface area (TPSA) is 76.7 Å². The molecule has 2 aromatic carbocycles. The molecule has 0 aromatic heterocycles. The van der Waals surface area contributed by atoms with Gasteiger partial charge in [0.2, 0.25) is 0 Å². The molecule has 2 aromatic rings. The Bertz CT molecular complexity index is 778. The first-order chi connectivity index (χ1) is 15.9. The van der Waals surface area contributed by atoms with E-state index in [-0.39, 0.29) is 12.2 Å². The second-order valence-electron chi connectivity index (χ2n) is 8.54. The third-order valence-electron chi connectivity index (χ3n) is 5.35. The summed E-state index contributed by atoms with van der Waals surface area (Å²) < 4.78 is 10.7. The van der Waals surface area contributed by atoms with Crippen molar-refractivity contribution in [3.8, 4) is 0 Å². The van der Waals surface area contributed by atoms with Gasteiger partial charge in [0.1, 0.15) is 12.2 Å². The lowest BCUT2D eigenvalue weighted by atomic mass is 10.0. The average Bonchev–Trinajstić information content (AvgIpc) is 2.78. The normalized spacial score (nSPS) is 12.5. The van der Waals surface area contributed by atoms with Gasteiger partial charge in [-0.1, -0.05) is 63.8 Å². The Morgan fingerprint density at radius 1 is 0.697 bits per heavy atom. The average molecular weight is 455 g/mol. The minimum atomic E-state index is -0.423. The zero-order valence-electron chi connectivity index (χ0n) is 20.4. The third-order valence-corrected chi connectivity index (χ3v) is 5.35. The lowest BCUT2D eigenvalue weighted by Crippen LogP contribution is -2.20. The van der Waals surface area contributed by atoms with E-state index in [1.54, 1.807) is 0 Å². The molecule has 0 aliphatic rings. The number of hydrogen-bond donors (Lipinski definition) is 2. The fourth-order valence-electron chi connectivity index (χ4n) is 3.41. The standard InChI is InChI=1S/C27H38N2O4/c1-5-7-9-20(3)32-26(30)28-24-15-11-22(12-16-24)19-23-13-17-25(18-14-23)29-27(31)33-21(4)10-8-6-2/h11-18,20-21H,5-10,19H2,1-4H3,(H,28,30)(H,29,31). The van der Waals surface area contributed by atoms with Crippen molar-refractivity contribution in [1.82, 2.24) is 0 Å². The first kappa shape index (κ1) is 26.2. The minimum Gasteiger partial charge on any atom is -0.446 e. The van der Waals surface area contributed by atoms with E-state index >= 15 is 0 Å². The van der Waals surface area contributed by atoms with Crippen LogP contribution in [0.5, 0.6) is 0 Å². The van der Waals surface area contributed by atoms with Crippen molar-refractivity contribution in [3.05, 3.63) is 59.7 Å². The first-order valence-electron chi connectivity index (χ1n) is 12.0. The molecule has 0 saturated carbocycles. The number of anilines is 2. The maximum absolute atomic E-state index is 12.0. The van der Waals surface area contributed by atoms with Crippen LogP contribution in [0.25, 0.3) is 0 Å². The number of ether oxygens (including phenoxy) is 2. The summed E-state index contributed by atoms with van der Waals surface area (Å²) in [5, 5.41) is 5.55. The molecule has 0 bridgehead atoms. The van der Waals surface area contributed by atoms with Crippen LogP contribution in [0.4, 0.5) is 21.0 Å². The van der Waals surface area contributed by atoms with Crippen molar-refractivity contribution in [2.24, 2.45) is 0 Å². The van der Waals surface area contributed by atoms with Gasteiger partial charge in [-0.3, -0.25) is 10.6 Å². The molecule has 180 valence electrons. The maximum atomic E-state index is 12.0. The van der Waals surface area contributed by atoms with Crippen LogP contribution >= 0.6 is 0 Å². The van der Waals surface area contributed by atoms with Crippen molar-refractivity contribution < 1.29 is 19.1 Å². The van der Waals surface area contributed by atoms with Gasteiger partial charge in [-0.25, -0.2) is 9.59 Å². The summed E-state index contributed by atoms with van der Waals surface area (Å²) in [6.45, 7) is 8.06. The molecular weight excluding hydrogens is 416 g/mol. The van der Waals surface area contributed by atoms with Gasteiger partial charge in [0, 0.05) is 11.4 Å². The number of hydrogen-bond acceptors (Lipinski definition) is 4. The Labute approximate surface area is 198 Å². The van der Waals surface area contributed by atoms with Crippen LogP contribution in [0.3, 0.4) is 0 Å². The predicted molar refractivity (Wildman–Crippen MR) is 134 cm³/mol. The second kappa shape index (κ2) is 14.2. The Kier molecular flexibility index (Phi) is 11.3. The summed E-state index contributed by atoms with van der Waals surface area (Å²) in [6.07, 6.45) is 5.72. The van der Waals surface area contributed by atoms with E-state index in [4.69, 9.17) is 9.47 Å². The molecule has 0 spiro atoms. The van der Waals surface area contributed by atoms with Crippen LogP contribution in [-0.4, -0.2) is 24.4 Å². The number of unbranched alkanes of at least 4 members (excludes halogenated alkanes) is 2. The molecule has 33 heavy (non-hydrogen) atoms. The SMILES string of the molecule is CCCCC(C)OC(=O)Nc1ccc(Cc2ccc(NC(=O)OC(C)CCCC)cc2)cc1. The lowest BCUT2D eigenvalue weighted by molar-refractivity contribution is 0.113. The highest BCUT2D eigenvalue weighted by Crippen LogP contribution is 2.17. The molecule has 0 radical (unpaired) electrons. The van der Waals surface area contributed by atoms with E-state index in [0.717, 1.165) is 56.1 Å². The van der Waals surface area contributed by atoms with Crippen molar-refractivity contribution in [1.29, 1.82) is 0 Å². The van der Waals surface area contributed by atoms with Crippen LogP contribution in [0.2, 0.25) is 0 Å². The van der Waals surface area contributed by atoms with Crippen LogP contribution in [0.1, 0.15) is 77.3 Å². The molecule has 2 rings (SSSR count). The maximum Gasteiger partial charge on any atom is 0.411 e. The lowest BCUT2D eigenvalue weighted by Gasteiger charge is -2.14. The van der Waals surface area contributed by atoms with Gasteiger partial charge in [-0.05, 0) is 68.5 Å². The van der Waals surface area contributed by atoms with Crippen LogP contribution in [0.15, 0.2) is 48.5 Å². The summed E-state index contributed by atoms with van der Waals surface area (Å²) in [5.41, 5.74) is 3.65. The van der Waals surface area contributed by atoms with Gasteiger partial charge in [-0.2, -0.15) is 0 Å². The number of rotatable bonds is 12. The fourth-order valence-corrected chi connectivity index (χ4v) is 3.41. The Morgan fingerprint density at radius 2 is 1.06 bits per heavy atom. The fraction of sp³-hybridized carbons (Fsp3) is 0.481. The molecule has 0 aliphatic heterocycles. The van der Waals surface area contributed by atoms with E-state index in [2.05, 4.69) is 24.5 Å². The molecule has 0 heterocycles. The van der Waals surface area contributed by atoms with Gasteiger partial charge in [0.05, 0.1) is 0 Å². The summed E-state index contributed by atoms with van der Waals surface area (Å²) in [6, 6.07) is 15.4. The van der Waals surface area contributed by atoms with Crippen molar-refractivity contribution in [2.45, 2.75) is 84.8 Å². The summed E-state index contributed by atoms with van der Waals surface area (Å²) >= 11 is 0. The summed E-state index contributed by atoms with van der Waals surface area (Å²) in [5.74, 6) is 0. The molecule has 6 nitrogen and oxygen atoms in total. The zero-order chi connectivity index (χ0) is 24.1. The van der Waals surface area contributed by atoms with E-state index in [1.165, 1.54) is 0 Å². The molecule has 0 aliphatic carbocycles. The second-order valence-corrected chi connectivity index (χ2v) is 8.54. The number of carbonyl (C=O) groups excluding carboxylic acids is 2. The van der Waals surface area contributed by atoms with Gasteiger partial charge in [0.15, 0.2) is 0 Å². The quantitative estimate of drug-likeness (QED) is 0.347. The van der Waals surface area contributed by atoms with Gasteiger partial charge < -0.3 is 9.47 Å². The Hall–Kier alpha value is -3.02. The molecule has 0 saturated heterocycles. The van der Waals surface area contributed by atoms with E-state index in [0.29, 0.717) is 11.4 Å². The molecule has 0 fully saturated rings. The summed E-state index contributed by atoms with van der Waals surface area (Å²) in [7, 11) is 0. The molecular formula is C27H38N2O4. The Morgan fingerprint density at radius 3 is 1.39 bits per heavy atom. The third kappa shape index (κ3) is 10.4. The van der Waals surface area contributed by atoms with Crippen molar-refractivity contribution in [2.75, 3.05) is 10.6 Å². The smallest absolute Gasteiger partial charge is 0.411 e. The van der Waals surface area contributed by atoms with Crippen molar-refractivity contribution >= 4 is 23.6 Å². The van der Waals surface area contributed by atoms with E-state index in [1.807, 2.05) is 62.4 Å². The van der Waals surface area contributed by atoms with E-state index < -0.39 is 12.2 Å². The predicted octanol–water partition coefficient (Wildman–Crippen LogP) is 7.53. The zero-order valence-corrected chi connectivity index (χ0v) is 20.4. The van der Waals surface area contributed by atoms with Gasteiger partial charge >= 0.3 is 12.2 Å². The number of nitrogens with one attached hydrogen (secondary N) is 2. The molecule has 2 atom stereocenters. The Balaban J connectivity index is 1.80. The summed E-state index contributed by atoms with van der Waals surface area (Å²) in [4.78, 5) is 24.0. The van der Waals surface area contributed by atoms with Crippen LogP contribution in [-0.2, 0) is 15.9 Å². The highest BCUT2D eigenvalue weighted by atomic mass is 16.6. The van der Waals surface area contributed by atoms with Gasteiger partial charge in [0.25, 0.3) is 0 Å². The highest BCUT2D eigenvalue weighted by Gasteiger charge is 2.10. The van der Waals surface area contributed by atoms with Crippen molar-refractivity contribution in [3.63, 3.8) is 0 Å². The minimum absolute atomic E-state index is 0.0898. The molecule has 2 unspecified atom stereocenters. The number of benzene rings is 2. The van der Waals surface area contributed by atoms with Crippen LogP contribution in [0, 0.1) is 0 Å². The number of carbonyl (C=O) groups is 2. The first-order valence-corrected chi connectivity index (χ1v) is 12.0. The van der Waals surface area contributed by atoms with E-state index in [9.17, 15) is 9.59 Å². The largest absolute Gasteiger partial charge is 0.446 e. The monoisotopic (exact) mass is 454 g/mol. The molecule has 2 N–H and O–H groups in total. The highest BCUT2D eigenvalue weighted by molar-refractivity contribution is 5.85. The molecule has 2 amide bonds.